The molecule has 0 fully saturated rings. The first-order chi connectivity index (χ1) is 8.68. The largest absolute Gasteiger partial charge is 0.491 e. The van der Waals surface area contributed by atoms with Gasteiger partial charge in [-0.2, -0.15) is 0 Å². The fraction of sp³-hybridized carbons (Fsp3) is 0.500. The van der Waals surface area contributed by atoms with Gasteiger partial charge in [-0.1, -0.05) is 12.1 Å². The molecule has 0 bridgehead atoms. The summed E-state index contributed by atoms with van der Waals surface area (Å²) in [5.41, 5.74) is 6.62. The van der Waals surface area contributed by atoms with Crippen molar-refractivity contribution in [2.75, 3.05) is 18.1 Å². The minimum Gasteiger partial charge on any atom is -0.491 e. The van der Waals surface area contributed by atoms with Crippen molar-refractivity contribution in [3.63, 3.8) is 0 Å². The molecule has 1 aliphatic rings. The molecule has 0 aromatic heterocycles. The fourth-order valence-corrected chi connectivity index (χ4v) is 2.14. The van der Waals surface area contributed by atoms with Gasteiger partial charge in [-0.05, 0) is 31.9 Å². The second kappa shape index (κ2) is 5.87. The van der Waals surface area contributed by atoms with E-state index >= 15 is 0 Å². The molecule has 1 aromatic rings. The van der Waals surface area contributed by atoms with Crippen LogP contribution in [0.3, 0.4) is 0 Å². The van der Waals surface area contributed by atoms with Gasteiger partial charge in [0.1, 0.15) is 5.75 Å². The minimum absolute atomic E-state index is 0.129. The van der Waals surface area contributed by atoms with Gasteiger partial charge < -0.3 is 15.4 Å². The Morgan fingerprint density at radius 3 is 3.00 bits per heavy atom. The van der Waals surface area contributed by atoms with Crippen LogP contribution >= 0.6 is 0 Å². The van der Waals surface area contributed by atoms with Crippen LogP contribution in [-0.4, -0.2) is 25.1 Å². The summed E-state index contributed by atoms with van der Waals surface area (Å²) in [5.74, 6) is 0.925. The highest BCUT2D eigenvalue weighted by Gasteiger charge is 2.22. The average Bonchev–Trinajstić information content (AvgIpc) is 2.49. The summed E-state index contributed by atoms with van der Waals surface area (Å²) in [4.78, 5) is 13.9. The third-order valence-corrected chi connectivity index (χ3v) is 3.07. The van der Waals surface area contributed by atoms with Crippen molar-refractivity contribution in [2.45, 2.75) is 32.2 Å². The number of rotatable bonds is 4. The smallest absolute Gasteiger partial charge is 0.230 e. The molecule has 1 aromatic carbocycles. The van der Waals surface area contributed by atoms with Crippen molar-refractivity contribution < 1.29 is 9.53 Å². The number of carbonyl (C=O) groups excluding carboxylic acids is 1. The monoisotopic (exact) mass is 248 g/mol. The number of carbonyl (C=O) groups is 1. The molecule has 0 saturated carbocycles. The van der Waals surface area contributed by atoms with Gasteiger partial charge in [0, 0.05) is 12.6 Å². The zero-order valence-electron chi connectivity index (χ0n) is 10.8. The maximum Gasteiger partial charge on any atom is 0.230 e. The molecular weight excluding hydrogens is 228 g/mol. The Morgan fingerprint density at radius 2 is 2.22 bits per heavy atom. The molecule has 18 heavy (non-hydrogen) atoms. The summed E-state index contributed by atoms with van der Waals surface area (Å²) in [6.45, 7) is 3.15. The lowest BCUT2D eigenvalue weighted by molar-refractivity contribution is -0.118. The first-order valence-corrected chi connectivity index (χ1v) is 6.46. The summed E-state index contributed by atoms with van der Waals surface area (Å²) in [7, 11) is 0. The van der Waals surface area contributed by atoms with Crippen LogP contribution in [0.15, 0.2) is 24.3 Å². The summed E-state index contributed by atoms with van der Waals surface area (Å²) in [6.07, 6.45) is 2.28. The normalized spacial score (nSPS) is 16.8. The fourth-order valence-electron chi connectivity index (χ4n) is 2.14. The number of hydrogen-bond acceptors (Lipinski definition) is 3. The van der Waals surface area contributed by atoms with Gasteiger partial charge in [-0.3, -0.25) is 4.79 Å². The van der Waals surface area contributed by atoms with Crippen LogP contribution in [0.2, 0.25) is 0 Å². The molecule has 0 saturated heterocycles. The summed E-state index contributed by atoms with van der Waals surface area (Å²) in [5, 5.41) is 0. The Labute approximate surface area is 108 Å². The van der Waals surface area contributed by atoms with E-state index in [1.165, 1.54) is 0 Å². The van der Waals surface area contributed by atoms with Gasteiger partial charge in [-0.25, -0.2) is 0 Å². The Morgan fingerprint density at radius 1 is 1.44 bits per heavy atom. The van der Waals surface area contributed by atoms with Crippen LogP contribution in [0, 0.1) is 0 Å². The lowest BCUT2D eigenvalue weighted by Gasteiger charge is -2.22. The van der Waals surface area contributed by atoms with E-state index in [4.69, 9.17) is 10.5 Å². The number of anilines is 1. The predicted octanol–water partition coefficient (Wildman–Crippen LogP) is 1.93. The molecule has 98 valence electrons. The van der Waals surface area contributed by atoms with Gasteiger partial charge >= 0.3 is 0 Å². The lowest BCUT2D eigenvalue weighted by atomic mass is 10.1. The van der Waals surface area contributed by atoms with Crippen LogP contribution in [0.1, 0.15) is 26.2 Å². The van der Waals surface area contributed by atoms with E-state index in [0.29, 0.717) is 19.6 Å². The van der Waals surface area contributed by atoms with Crippen LogP contribution in [0.25, 0.3) is 0 Å². The molecule has 1 unspecified atom stereocenters. The van der Waals surface area contributed by atoms with Crippen LogP contribution in [0.4, 0.5) is 5.69 Å². The van der Waals surface area contributed by atoms with E-state index < -0.39 is 0 Å². The first-order valence-electron chi connectivity index (χ1n) is 6.46. The third kappa shape index (κ3) is 3.01. The van der Waals surface area contributed by atoms with Crippen molar-refractivity contribution in [2.24, 2.45) is 5.73 Å². The van der Waals surface area contributed by atoms with E-state index in [1.807, 2.05) is 36.1 Å². The number of nitrogens with two attached hydrogens (primary N) is 1. The Hall–Kier alpha value is -1.55. The van der Waals surface area contributed by atoms with Crippen molar-refractivity contribution in [1.82, 2.24) is 0 Å². The Bertz CT molecular complexity index is 418. The van der Waals surface area contributed by atoms with Crippen molar-refractivity contribution >= 4 is 11.6 Å². The molecule has 1 heterocycles. The van der Waals surface area contributed by atoms with Crippen LogP contribution < -0.4 is 15.4 Å². The molecule has 0 spiro atoms. The van der Waals surface area contributed by atoms with Gasteiger partial charge in [0.05, 0.1) is 18.7 Å². The quantitative estimate of drug-likeness (QED) is 0.885. The molecule has 1 atom stereocenters. The van der Waals surface area contributed by atoms with Crippen molar-refractivity contribution in [3.05, 3.63) is 24.3 Å². The van der Waals surface area contributed by atoms with Gasteiger partial charge in [-0.15, -0.1) is 0 Å². The van der Waals surface area contributed by atoms with Crippen molar-refractivity contribution in [1.29, 1.82) is 0 Å². The molecule has 2 N–H and O–H groups in total. The maximum absolute atomic E-state index is 12.1. The standard InChI is InChI=1S/C14H20N2O2/c1-11(15)5-4-9-16-12-6-2-3-7-13(12)18-10-8-14(16)17/h2-3,6-7,11H,4-5,8-10,15H2,1H3. The molecule has 0 radical (unpaired) electrons. The number of benzene rings is 1. The SMILES string of the molecule is CC(N)CCCN1C(=O)CCOc2ccccc21. The zero-order chi connectivity index (χ0) is 13.0. The summed E-state index contributed by atoms with van der Waals surface area (Å²) >= 11 is 0. The average molecular weight is 248 g/mol. The highest BCUT2D eigenvalue weighted by atomic mass is 16.5. The molecule has 1 amide bonds. The van der Waals surface area contributed by atoms with E-state index in [0.717, 1.165) is 24.3 Å². The van der Waals surface area contributed by atoms with E-state index in [-0.39, 0.29) is 11.9 Å². The predicted molar refractivity (Wildman–Crippen MR) is 71.8 cm³/mol. The highest BCUT2D eigenvalue weighted by molar-refractivity contribution is 5.95. The second-order valence-electron chi connectivity index (χ2n) is 4.73. The molecule has 0 aliphatic carbocycles. The van der Waals surface area contributed by atoms with Gasteiger partial charge in [0.25, 0.3) is 0 Å². The molecule has 4 nitrogen and oxygen atoms in total. The number of fused-ring (bicyclic) bond motifs is 1. The van der Waals surface area contributed by atoms with E-state index in [1.54, 1.807) is 0 Å². The Balaban J connectivity index is 2.13. The Kier molecular flexibility index (Phi) is 4.20. The van der Waals surface area contributed by atoms with Crippen LogP contribution in [-0.2, 0) is 4.79 Å². The second-order valence-corrected chi connectivity index (χ2v) is 4.73. The summed E-state index contributed by atoms with van der Waals surface area (Å²) in [6, 6.07) is 7.88. The third-order valence-electron chi connectivity index (χ3n) is 3.07. The highest BCUT2D eigenvalue weighted by Crippen LogP contribution is 2.31. The molecule has 2 rings (SSSR count). The number of nitrogens with zero attached hydrogens (tertiary/aromatic N) is 1. The lowest BCUT2D eigenvalue weighted by Crippen LogP contribution is -2.32. The van der Waals surface area contributed by atoms with Gasteiger partial charge in [0.15, 0.2) is 0 Å². The maximum atomic E-state index is 12.1. The molecule has 4 heteroatoms. The van der Waals surface area contributed by atoms with Crippen molar-refractivity contribution in [3.8, 4) is 5.75 Å². The molecule has 1 aliphatic heterocycles. The number of para-hydroxylation sites is 2. The minimum atomic E-state index is 0.129. The number of ether oxygens (including phenoxy) is 1. The van der Waals surface area contributed by atoms with Gasteiger partial charge in [0.2, 0.25) is 5.91 Å². The van der Waals surface area contributed by atoms with E-state index in [9.17, 15) is 4.79 Å². The van der Waals surface area contributed by atoms with Crippen LogP contribution in [0.5, 0.6) is 5.75 Å². The summed E-state index contributed by atoms with van der Waals surface area (Å²) < 4.78 is 5.59. The topological polar surface area (TPSA) is 55.6 Å². The number of hydrogen-bond donors (Lipinski definition) is 1. The number of amides is 1. The van der Waals surface area contributed by atoms with E-state index in [2.05, 4.69) is 0 Å². The molecular formula is C14H20N2O2. The first kappa shape index (κ1) is 12.9. The zero-order valence-corrected chi connectivity index (χ0v) is 10.8.